The van der Waals surface area contributed by atoms with Gasteiger partial charge in [-0.3, -0.25) is 10.9 Å². The van der Waals surface area contributed by atoms with Crippen LogP contribution in [0, 0.1) is 0 Å². The molecule has 2 aliphatic rings. The first-order valence-electron chi connectivity index (χ1n) is 4.51. The minimum Gasteiger partial charge on any atom is -0.257 e. The molecular weight excluding hydrogens is 148 g/mol. The van der Waals surface area contributed by atoms with Gasteiger partial charge in [-0.05, 0) is 17.5 Å². The van der Waals surface area contributed by atoms with Crippen LogP contribution in [0.5, 0.6) is 0 Å². The molecule has 2 N–H and O–H groups in total. The van der Waals surface area contributed by atoms with E-state index in [2.05, 4.69) is 35.1 Å². The molecule has 3 rings (SSSR count). The third-order valence-corrected chi connectivity index (χ3v) is 2.99. The van der Waals surface area contributed by atoms with Gasteiger partial charge in [-0.1, -0.05) is 24.3 Å². The van der Waals surface area contributed by atoms with E-state index in [1.54, 1.807) is 5.56 Å². The zero-order chi connectivity index (χ0) is 7.97. The van der Waals surface area contributed by atoms with E-state index in [0.717, 1.165) is 6.54 Å². The van der Waals surface area contributed by atoms with Gasteiger partial charge in [0, 0.05) is 18.5 Å². The van der Waals surface area contributed by atoms with Crippen LogP contribution in [0.15, 0.2) is 24.3 Å². The van der Waals surface area contributed by atoms with E-state index in [1.807, 2.05) is 0 Å². The SMILES string of the molecule is c1ccc2c(c1)CC1NNCC21. The fourth-order valence-electron chi connectivity index (χ4n) is 2.38. The lowest BCUT2D eigenvalue weighted by Gasteiger charge is -2.06. The summed E-state index contributed by atoms with van der Waals surface area (Å²) in [7, 11) is 0. The van der Waals surface area contributed by atoms with E-state index in [4.69, 9.17) is 0 Å². The average Bonchev–Trinajstić information content (AvgIpc) is 2.62. The Kier molecular flexibility index (Phi) is 1.28. The molecule has 0 aromatic heterocycles. The molecule has 2 atom stereocenters. The normalized spacial score (nSPS) is 31.7. The van der Waals surface area contributed by atoms with Crippen LogP contribution in [0.25, 0.3) is 0 Å². The lowest BCUT2D eigenvalue weighted by Crippen LogP contribution is -2.30. The summed E-state index contributed by atoms with van der Waals surface area (Å²) in [5, 5.41) is 0. The molecule has 2 heteroatoms. The summed E-state index contributed by atoms with van der Waals surface area (Å²) in [6, 6.07) is 9.42. The Morgan fingerprint density at radius 2 is 2.17 bits per heavy atom. The Bertz CT molecular complexity index is 308. The van der Waals surface area contributed by atoms with Crippen molar-refractivity contribution in [1.29, 1.82) is 0 Å². The van der Waals surface area contributed by atoms with Gasteiger partial charge in [-0.25, -0.2) is 0 Å². The Hall–Kier alpha value is -0.860. The molecule has 1 saturated heterocycles. The number of rotatable bonds is 0. The summed E-state index contributed by atoms with van der Waals surface area (Å²) < 4.78 is 0. The van der Waals surface area contributed by atoms with Crippen molar-refractivity contribution >= 4 is 0 Å². The second-order valence-electron chi connectivity index (χ2n) is 3.64. The summed E-state index contributed by atoms with van der Waals surface area (Å²) in [6.45, 7) is 1.08. The minimum absolute atomic E-state index is 0.641. The van der Waals surface area contributed by atoms with Gasteiger partial charge in [0.05, 0.1) is 0 Å². The van der Waals surface area contributed by atoms with Crippen LogP contribution in [-0.2, 0) is 6.42 Å². The van der Waals surface area contributed by atoms with Crippen molar-refractivity contribution in [1.82, 2.24) is 10.9 Å². The van der Waals surface area contributed by atoms with Gasteiger partial charge in [-0.2, -0.15) is 0 Å². The maximum Gasteiger partial charge on any atom is 0.0334 e. The van der Waals surface area contributed by atoms with Gasteiger partial charge >= 0.3 is 0 Å². The molecule has 62 valence electrons. The molecular formula is C10H12N2. The Morgan fingerprint density at radius 3 is 3.17 bits per heavy atom. The van der Waals surface area contributed by atoms with Crippen molar-refractivity contribution in [3.05, 3.63) is 35.4 Å². The van der Waals surface area contributed by atoms with Crippen LogP contribution >= 0.6 is 0 Å². The summed E-state index contributed by atoms with van der Waals surface area (Å²) in [5.41, 5.74) is 9.60. The lowest BCUT2D eigenvalue weighted by atomic mass is 10.0. The molecule has 12 heavy (non-hydrogen) atoms. The molecule has 2 nitrogen and oxygen atoms in total. The van der Waals surface area contributed by atoms with E-state index < -0.39 is 0 Å². The third-order valence-electron chi connectivity index (χ3n) is 2.99. The summed E-state index contributed by atoms with van der Waals surface area (Å²) >= 11 is 0. The molecule has 1 aliphatic heterocycles. The van der Waals surface area contributed by atoms with Gasteiger partial charge in [0.25, 0.3) is 0 Å². The van der Waals surface area contributed by atoms with E-state index in [-0.39, 0.29) is 0 Å². The highest BCUT2D eigenvalue weighted by Gasteiger charge is 2.35. The largest absolute Gasteiger partial charge is 0.257 e. The van der Waals surface area contributed by atoms with Gasteiger partial charge in [0.2, 0.25) is 0 Å². The highest BCUT2D eigenvalue weighted by Crippen LogP contribution is 2.34. The summed E-state index contributed by atoms with van der Waals surface area (Å²) in [6.07, 6.45) is 1.19. The van der Waals surface area contributed by atoms with Crippen molar-refractivity contribution in [2.24, 2.45) is 0 Å². The number of benzene rings is 1. The average molecular weight is 160 g/mol. The molecule has 1 fully saturated rings. The summed E-state index contributed by atoms with van der Waals surface area (Å²) in [4.78, 5) is 0. The molecule has 0 bridgehead atoms. The quantitative estimate of drug-likeness (QED) is 0.586. The fourth-order valence-corrected chi connectivity index (χ4v) is 2.38. The van der Waals surface area contributed by atoms with E-state index in [1.165, 1.54) is 12.0 Å². The van der Waals surface area contributed by atoms with Crippen molar-refractivity contribution in [3.63, 3.8) is 0 Å². The predicted molar refractivity (Wildman–Crippen MR) is 47.8 cm³/mol. The van der Waals surface area contributed by atoms with Crippen molar-refractivity contribution in [2.75, 3.05) is 6.54 Å². The van der Waals surface area contributed by atoms with Gasteiger partial charge < -0.3 is 0 Å². The highest BCUT2D eigenvalue weighted by atomic mass is 15.4. The number of nitrogens with one attached hydrogen (secondary N) is 2. The standard InChI is InChI=1S/C10H12N2/c1-2-4-8-7(3-1)5-10-9(8)6-11-12-10/h1-4,9-12H,5-6H2. The first-order chi connectivity index (χ1) is 5.95. The molecule has 1 aromatic rings. The molecule has 0 amide bonds. The Morgan fingerprint density at radius 1 is 1.25 bits per heavy atom. The molecule has 1 heterocycles. The number of hydrogen-bond acceptors (Lipinski definition) is 2. The molecule has 0 saturated carbocycles. The monoisotopic (exact) mass is 160 g/mol. The van der Waals surface area contributed by atoms with Gasteiger partial charge in [0.1, 0.15) is 0 Å². The highest BCUT2D eigenvalue weighted by molar-refractivity contribution is 5.38. The van der Waals surface area contributed by atoms with Crippen LogP contribution in [0.2, 0.25) is 0 Å². The zero-order valence-corrected chi connectivity index (χ0v) is 6.88. The number of hydrogen-bond donors (Lipinski definition) is 2. The van der Waals surface area contributed by atoms with E-state index >= 15 is 0 Å². The number of hydrazine groups is 1. The van der Waals surface area contributed by atoms with Gasteiger partial charge in [0.15, 0.2) is 0 Å². The fraction of sp³-hybridized carbons (Fsp3) is 0.400. The van der Waals surface area contributed by atoms with Gasteiger partial charge in [-0.15, -0.1) is 0 Å². The van der Waals surface area contributed by atoms with Crippen LogP contribution < -0.4 is 10.9 Å². The van der Waals surface area contributed by atoms with E-state index in [9.17, 15) is 0 Å². The maximum absolute atomic E-state index is 3.32. The second kappa shape index (κ2) is 2.31. The molecule has 0 spiro atoms. The molecule has 1 aromatic carbocycles. The van der Waals surface area contributed by atoms with Crippen LogP contribution in [0.1, 0.15) is 17.0 Å². The third kappa shape index (κ3) is 0.765. The van der Waals surface area contributed by atoms with Crippen LogP contribution in [0.4, 0.5) is 0 Å². The lowest BCUT2D eigenvalue weighted by molar-refractivity contribution is 0.553. The molecule has 0 radical (unpaired) electrons. The summed E-state index contributed by atoms with van der Waals surface area (Å²) in [5.74, 6) is 0.709. The first-order valence-corrected chi connectivity index (χ1v) is 4.51. The second-order valence-corrected chi connectivity index (χ2v) is 3.64. The van der Waals surface area contributed by atoms with Crippen LogP contribution in [0.3, 0.4) is 0 Å². The Balaban J connectivity index is 2.09. The van der Waals surface area contributed by atoms with Crippen molar-refractivity contribution in [3.8, 4) is 0 Å². The first kappa shape index (κ1) is 6.63. The smallest absolute Gasteiger partial charge is 0.0334 e. The topological polar surface area (TPSA) is 24.1 Å². The molecule has 1 aliphatic carbocycles. The van der Waals surface area contributed by atoms with Crippen molar-refractivity contribution in [2.45, 2.75) is 18.4 Å². The zero-order valence-electron chi connectivity index (χ0n) is 6.88. The maximum atomic E-state index is 3.32. The number of fused-ring (bicyclic) bond motifs is 3. The predicted octanol–water partition coefficient (Wildman–Crippen LogP) is 0.803. The van der Waals surface area contributed by atoms with E-state index in [0.29, 0.717) is 12.0 Å². The minimum atomic E-state index is 0.641. The molecule has 2 unspecified atom stereocenters. The van der Waals surface area contributed by atoms with Crippen molar-refractivity contribution < 1.29 is 0 Å². The Labute approximate surface area is 71.9 Å². The van der Waals surface area contributed by atoms with Crippen LogP contribution in [-0.4, -0.2) is 12.6 Å².